The second-order valence-corrected chi connectivity index (χ2v) is 1.62. The van der Waals surface area contributed by atoms with E-state index in [4.69, 9.17) is 5.73 Å². The van der Waals surface area contributed by atoms with Crippen LogP contribution in [0.15, 0.2) is 11.6 Å². The van der Waals surface area contributed by atoms with Crippen molar-refractivity contribution in [2.45, 2.75) is 13.1 Å². The van der Waals surface area contributed by atoms with Gasteiger partial charge in [-0.1, -0.05) is 6.08 Å². The molecule has 0 aromatic rings. The van der Waals surface area contributed by atoms with E-state index in [0.29, 0.717) is 0 Å². The van der Waals surface area contributed by atoms with Crippen molar-refractivity contribution in [2.24, 2.45) is 5.73 Å². The van der Waals surface area contributed by atoms with E-state index in [1.54, 1.807) is 0 Å². The van der Waals surface area contributed by atoms with Crippen LogP contribution >= 0.6 is 0 Å². The third kappa shape index (κ3) is 3.13. The van der Waals surface area contributed by atoms with Gasteiger partial charge in [-0.15, -0.1) is 0 Å². The summed E-state index contributed by atoms with van der Waals surface area (Å²) in [6.45, 7) is 0.929. The number of alkyl halides is 3. The molecule has 0 aliphatic heterocycles. The summed E-state index contributed by atoms with van der Waals surface area (Å²) < 4.78 is 34.5. The van der Waals surface area contributed by atoms with Gasteiger partial charge < -0.3 is 5.73 Å². The van der Waals surface area contributed by atoms with Crippen molar-refractivity contribution in [3.63, 3.8) is 0 Å². The first-order valence-corrected chi connectivity index (χ1v) is 2.42. The van der Waals surface area contributed by atoms with E-state index >= 15 is 0 Å². The van der Waals surface area contributed by atoms with Crippen molar-refractivity contribution < 1.29 is 13.2 Å². The van der Waals surface area contributed by atoms with Crippen molar-refractivity contribution in [2.75, 3.05) is 6.54 Å². The standard InChI is InChI=1S/C5H8F3N/c1-4(2-3-9)5(6,7)8/h2H,3,9H2,1H3/b4-2+. The molecule has 0 aliphatic carbocycles. The van der Waals surface area contributed by atoms with Crippen LogP contribution in [0.2, 0.25) is 0 Å². The average Bonchev–Trinajstić information content (AvgIpc) is 1.64. The molecule has 0 rings (SSSR count). The minimum Gasteiger partial charge on any atom is -0.327 e. The summed E-state index contributed by atoms with van der Waals surface area (Å²) in [6.07, 6.45) is -3.26. The number of hydrogen-bond donors (Lipinski definition) is 1. The minimum atomic E-state index is -4.21. The third-order valence-electron chi connectivity index (χ3n) is 0.871. The van der Waals surface area contributed by atoms with Crippen molar-refractivity contribution in [1.82, 2.24) is 0 Å². The topological polar surface area (TPSA) is 26.0 Å². The Kier molecular flexibility index (Phi) is 2.70. The number of halogens is 3. The van der Waals surface area contributed by atoms with Gasteiger partial charge in [-0.2, -0.15) is 13.2 Å². The molecule has 0 radical (unpaired) electrons. The maximum Gasteiger partial charge on any atom is 0.412 e. The van der Waals surface area contributed by atoms with Gasteiger partial charge in [0.25, 0.3) is 0 Å². The molecule has 54 valence electrons. The molecule has 0 unspecified atom stereocenters. The highest BCUT2D eigenvalue weighted by molar-refractivity contribution is 5.05. The van der Waals surface area contributed by atoms with Crippen LogP contribution in [0.3, 0.4) is 0 Å². The van der Waals surface area contributed by atoms with Gasteiger partial charge in [0.15, 0.2) is 0 Å². The Morgan fingerprint density at radius 1 is 1.56 bits per heavy atom. The Morgan fingerprint density at radius 2 is 2.00 bits per heavy atom. The second kappa shape index (κ2) is 2.87. The van der Waals surface area contributed by atoms with Gasteiger partial charge in [0, 0.05) is 12.1 Å². The summed E-state index contributed by atoms with van der Waals surface area (Å²) in [4.78, 5) is 0. The van der Waals surface area contributed by atoms with Crippen LogP contribution in [0.4, 0.5) is 13.2 Å². The van der Waals surface area contributed by atoms with Crippen LogP contribution in [0.5, 0.6) is 0 Å². The Balaban J connectivity index is 4.03. The monoisotopic (exact) mass is 139 g/mol. The molecule has 0 bridgehead atoms. The molecule has 0 saturated heterocycles. The van der Waals surface area contributed by atoms with E-state index in [1.165, 1.54) is 0 Å². The zero-order valence-corrected chi connectivity index (χ0v) is 5.00. The van der Waals surface area contributed by atoms with E-state index in [1.807, 2.05) is 0 Å². The quantitative estimate of drug-likeness (QED) is 0.547. The zero-order valence-electron chi connectivity index (χ0n) is 5.00. The lowest BCUT2D eigenvalue weighted by Gasteiger charge is -2.04. The molecule has 0 aromatic heterocycles. The lowest BCUT2D eigenvalue weighted by molar-refractivity contribution is -0.0914. The highest BCUT2D eigenvalue weighted by Gasteiger charge is 2.29. The van der Waals surface area contributed by atoms with E-state index in [0.717, 1.165) is 13.0 Å². The third-order valence-corrected chi connectivity index (χ3v) is 0.871. The van der Waals surface area contributed by atoms with Gasteiger partial charge in [0.2, 0.25) is 0 Å². The van der Waals surface area contributed by atoms with Crippen LogP contribution in [-0.4, -0.2) is 12.7 Å². The summed E-state index contributed by atoms with van der Waals surface area (Å²) in [5.41, 5.74) is 4.22. The molecule has 0 amide bonds. The largest absolute Gasteiger partial charge is 0.412 e. The molecule has 0 saturated carbocycles. The van der Waals surface area contributed by atoms with Gasteiger partial charge in [0.1, 0.15) is 0 Å². The Labute approximate surface area is 51.3 Å². The van der Waals surface area contributed by atoms with E-state index in [9.17, 15) is 13.2 Å². The van der Waals surface area contributed by atoms with E-state index < -0.39 is 11.7 Å². The lowest BCUT2D eigenvalue weighted by Crippen LogP contribution is -2.10. The molecule has 0 heterocycles. The van der Waals surface area contributed by atoms with Crippen LogP contribution in [0, 0.1) is 0 Å². The highest BCUT2D eigenvalue weighted by atomic mass is 19.4. The van der Waals surface area contributed by atoms with Crippen molar-refractivity contribution >= 4 is 0 Å². The smallest absolute Gasteiger partial charge is 0.327 e. The van der Waals surface area contributed by atoms with Crippen molar-refractivity contribution in [1.29, 1.82) is 0 Å². The molecular weight excluding hydrogens is 131 g/mol. The van der Waals surface area contributed by atoms with E-state index in [2.05, 4.69) is 0 Å². The van der Waals surface area contributed by atoms with Crippen molar-refractivity contribution in [3.05, 3.63) is 11.6 Å². The van der Waals surface area contributed by atoms with Crippen LogP contribution in [0.25, 0.3) is 0 Å². The van der Waals surface area contributed by atoms with Gasteiger partial charge >= 0.3 is 6.18 Å². The van der Waals surface area contributed by atoms with Gasteiger partial charge in [-0.3, -0.25) is 0 Å². The average molecular weight is 139 g/mol. The fraction of sp³-hybridized carbons (Fsp3) is 0.600. The highest BCUT2D eigenvalue weighted by Crippen LogP contribution is 2.23. The Morgan fingerprint density at radius 3 is 2.11 bits per heavy atom. The van der Waals surface area contributed by atoms with Gasteiger partial charge in [-0.05, 0) is 6.92 Å². The number of hydrogen-bond acceptors (Lipinski definition) is 1. The minimum absolute atomic E-state index is 0.0641. The summed E-state index contributed by atoms with van der Waals surface area (Å²) in [6, 6.07) is 0. The Hall–Kier alpha value is -0.510. The maximum absolute atomic E-state index is 11.5. The first-order valence-electron chi connectivity index (χ1n) is 2.42. The molecule has 9 heavy (non-hydrogen) atoms. The number of nitrogens with two attached hydrogens (primary N) is 1. The molecule has 1 nitrogen and oxygen atoms in total. The van der Waals surface area contributed by atoms with Gasteiger partial charge in [-0.25, -0.2) is 0 Å². The fourth-order valence-electron chi connectivity index (χ4n) is 0.293. The molecule has 0 aromatic carbocycles. The molecule has 0 atom stereocenters. The molecular formula is C5H8F3N. The predicted molar refractivity (Wildman–Crippen MR) is 28.9 cm³/mol. The van der Waals surface area contributed by atoms with Crippen LogP contribution in [-0.2, 0) is 0 Å². The molecule has 4 heteroatoms. The summed E-state index contributed by atoms with van der Waals surface area (Å²) in [5.74, 6) is 0. The summed E-state index contributed by atoms with van der Waals surface area (Å²) in [5, 5.41) is 0. The van der Waals surface area contributed by atoms with E-state index in [-0.39, 0.29) is 6.54 Å². The molecule has 2 N–H and O–H groups in total. The zero-order chi connectivity index (χ0) is 7.49. The normalized spacial score (nSPS) is 14.1. The maximum atomic E-state index is 11.5. The fourth-order valence-corrected chi connectivity index (χ4v) is 0.293. The Bertz CT molecular complexity index is 114. The number of rotatable bonds is 1. The lowest BCUT2D eigenvalue weighted by atomic mass is 10.3. The summed E-state index contributed by atoms with van der Waals surface area (Å²) >= 11 is 0. The van der Waals surface area contributed by atoms with Crippen LogP contribution in [0.1, 0.15) is 6.92 Å². The SMILES string of the molecule is C/C(=C\CN)C(F)(F)F. The second-order valence-electron chi connectivity index (χ2n) is 1.62. The molecule has 0 spiro atoms. The van der Waals surface area contributed by atoms with Crippen LogP contribution < -0.4 is 5.73 Å². The predicted octanol–water partition coefficient (Wildman–Crippen LogP) is 1.45. The summed E-state index contributed by atoms with van der Waals surface area (Å²) in [7, 11) is 0. The molecule has 0 fully saturated rings. The first kappa shape index (κ1) is 8.49. The first-order chi connectivity index (χ1) is 3.98. The number of allylic oxidation sites excluding steroid dienone is 1. The van der Waals surface area contributed by atoms with Gasteiger partial charge in [0.05, 0.1) is 0 Å². The molecule has 0 aliphatic rings. The van der Waals surface area contributed by atoms with Crippen molar-refractivity contribution in [3.8, 4) is 0 Å².